The van der Waals surface area contributed by atoms with Crippen LogP contribution < -0.4 is 11.1 Å². The van der Waals surface area contributed by atoms with E-state index in [-0.39, 0.29) is 0 Å². The van der Waals surface area contributed by atoms with Crippen LogP contribution >= 0.6 is 23.4 Å². The number of anilines is 1. The maximum absolute atomic E-state index is 6.14. The first-order valence-corrected chi connectivity index (χ1v) is 7.51. The molecule has 2 rings (SSSR count). The van der Waals surface area contributed by atoms with Crippen molar-refractivity contribution in [1.82, 2.24) is 5.32 Å². The molecule has 0 spiro atoms. The third-order valence-electron chi connectivity index (χ3n) is 3.23. The highest BCUT2D eigenvalue weighted by Gasteiger charge is 2.13. The van der Waals surface area contributed by atoms with Gasteiger partial charge in [0.25, 0.3) is 0 Å². The van der Waals surface area contributed by atoms with Crippen LogP contribution in [0.4, 0.5) is 5.69 Å². The molecule has 1 heterocycles. The van der Waals surface area contributed by atoms with E-state index in [4.69, 9.17) is 17.3 Å². The van der Waals surface area contributed by atoms with E-state index in [1.165, 1.54) is 32.4 Å². The van der Waals surface area contributed by atoms with Crippen molar-refractivity contribution >= 4 is 29.1 Å². The number of nitrogens with one attached hydrogen (secondary N) is 1. The van der Waals surface area contributed by atoms with Gasteiger partial charge in [0.2, 0.25) is 0 Å². The molecule has 1 aromatic carbocycles. The molecule has 1 aliphatic heterocycles. The molecule has 2 nitrogen and oxygen atoms in total. The molecule has 0 saturated carbocycles. The Balaban J connectivity index is 1.81. The molecule has 0 bridgehead atoms. The summed E-state index contributed by atoms with van der Waals surface area (Å²) < 4.78 is 0. The molecule has 0 aliphatic carbocycles. The van der Waals surface area contributed by atoms with Crippen molar-refractivity contribution < 1.29 is 0 Å². The van der Waals surface area contributed by atoms with E-state index in [0.717, 1.165) is 27.3 Å². The lowest BCUT2D eigenvalue weighted by Gasteiger charge is -2.22. The predicted octanol–water partition coefficient (Wildman–Crippen LogP) is 3.40. The van der Waals surface area contributed by atoms with Gasteiger partial charge in [-0.05, 0) is 56.2 Å². The van der Waals surface area contributed by atoms with E-state index in [0.29, 0.717) is 0 Å². The van der Waals surface area contributed by atoms with Gasteiger partial charge in [0.15, 0.2) is 0 Å². The third-order valence-corrected chi connectivity index (χ3v) is 4.84. The Labute approximate surface area is 112 Å². The zero-order chi connectivity index (χ0) is 12.1. The summed E-state index contributed by atoms with van der Waals surface area (Å²) >= 11 is 7.93. The van der Waals surface area contributed by atoms with Gasteiger partial charge in [-0.2, -0.15) is 0 Å². The van der Waals surface area contributed by atoms with Crippen LogP contribution in [0.3, 0.4) is 0 Å². The molecule has 1 aromatic rings. The minimum atomic E-state index is 0.778. The van der Waals surface area contributed by atoms with Gasteiger partial charge < -0.3 is 11.1 Å². The predicted molar refractivity (Wildman–Crippen MR) is 76.8 cm³/mol. The molecule has 17 heavy (non-hydrogen) atoms. The number of nitrogens with two attached hydrogens (primary N) is 1. The van der Waals surface area contributed by atoms with E-state index >= 15 is 0 Å². The molecular formula is C13H19ClN2S. The van der Waals surface area contributed by atoms with Gasteiger partial charge >= 0.3 is 0 Å². The lowest BCUT2D eigenvalue weighted by molar-refractivity contribution is 0.367. The number of benzene rings is 1. The fourth-order valence-electron chi connectivity index (χ4n) is 2.18. The average molecular weight is 271 g/mol. The van der Waals surface area contributed by atoms with Crippen LogP contribution in [0.25, 0.3) is 0 Å². The first kappa shape index (κ1) is 13.1. The van der Waals surface area contributed by atoms with Gasteiger partial charge in [0.05, 0.1) is 5.02 Å². The summed E-state index contributed by atoms with van der Waals surface area (Å²) in [5, 5.41) is 4.17. The lowest BCUT2D eigenvalue weighted by atomic mass is 9.96. The molecule has 0 aromatic heterocycles. The van der Waals surface area contributed by atoms with Crippen molar-refractivity contribution in [2.45, 2.75) is 24.2 Å². The second-order valence-corrected chi connectivity index (χ2v) is 6.00. The highest BCUT2D eigenvalue weighted by molar-refractivity contribution is 7.99. The number of thioether (sulfide) groups is 1. The second kappa shape index (κ2) is 6.53. The van der Waals surface area contributed by atoms with Gasteiger partial charge in [-0.1, -0.05) is 17.7 Å². The SMILES string of the molecule is Nc1cccc(Cl)c1SCCC1CCNCC1. The molecular weight excluding hydrogens is 252 g/mol. The zero-order valence-electron chi connectivity index (χ0n) is 9.92. The first-order chi connectivity index (χ1) is 8.27. The number of hydrogen-bond acceptors (Lipinski definition) is 3. The molecule has 0 unspecified atom stereocenters. The molecule has 0 radical (unpaired) electrons. The van der Waals surface area contributed by atoms with Crippen molar-refractivity contribution in [3.63, 3.8) is 0 Å². The van der Waals surface area contributed by atoms with Gasteiger partial charge in [-0.15, -0.1) is 11.8 Å². The summed E-state index contributed by atoms with van der Waals surface area (Å²) in [6.07, 6.45) is 3.87. The summed E-state index contributed by atoms with van der Waals surface area (Å²) in [5.41, 5.74) is 6.72. The van der Waals surface area contributed by atoms with Crippen molar-refractivity contribution in [2.75, 3.05) is 24.6 Å². The van der Waals surface area contributed by atoms with Gasteiger partial charge in [-0.25, -0.2) is 0 Å². The van der Waals surface area contributed by atoms with Crippen LogP contribution in [0.2, 0.25) is 5.02 Å². The van der Waals surface area contributed by atoms with Gasteiger partial charge in [0.1, 0.15) is 0 Å². The number of rotatable bonds is 4. The van der Waals surface area contributed by atoms with Crippen LogP contribution in [0.15, 0.2) is 23.1 Å². The van der Waals surface area contributed by atoms with E-state index in [1.54, 1.807) is 11.8 Å². The molecule has 1 saturated heterocycles. The van der Waals surface area contributed by atoms with Gasteiger partial charge in [0, 0.05) is 10.6 Å². The summed E-state index contributed by atoms with van der Waals surface area (Å²) in [6, 6.07) is 5.72. The number of nitrogen functional groups attached to an aromatic ring is 1. The molecule has 1 fully saturated rings. The lowest BCUT2D eigenvalue weighted by Crippen LogP contribution is -2.27. The standard InChI is InChI=1S/C13H19ClN2S/c14-11-2-1-3-12(15)13(11)17-9-6-10-4-7-16-8-5-10/h1-3,10,16H,4-9,15H2. The Morgan fingerprint density at radius 3 is 2.82 bits per heavy atom. The highest BCUT2D eigenvalue weighted by atomic mass is 35.5. The maximum atomic E-state index is 6.14. The minimum absolute atomic E-state index is 0.778. The summed E-state index contributed by atoms with van der Waals surface area (Å²) in [4.78, 5) is 1.04. The second-order valence-electron chi connectivity index (χ2n) is 4.49. The van der Waals surface area contributed by atoms with Crippen LogP contribution in [0.1, 0.15) is 19.3 Å². The van der Waals surface area contributed by atoms with Gasteiger partial charge in [-0.3, -0.25) is 0 Å². The molecule has 94 valence electrons. The van der Waals surface area contributed by atoms with Crippen LogP contribution in [0.5, 0.6) is 0 Å². The normalized spacial score (nSPS) is 17.2. The van der Waals surface area contributed by atoms with E-state index in [9.17, 15) is 0 Å². The Kier molecular flexibility index (Phi) is 5.01. The average Bonchev–Trinajstić information content (AvgIpc) is 2.34. The topological polar surface area (TPSA) is 38.0 Å². The number of halogens is 1. The maximum Gasteiger partial charge on any atom is 0.0562 e. The Morgan fingerprint density at radius 2 is 2.12 bits per heavy atom. The molecule has 1 aliphatic rings. The fourth-order valence-corrected chi connectivity index (χ4v) is 3.62. The summed E-state index contributed by atoms with van der Waals surface area (Å²) in [5.74, 6) is 1.98. The third kappa shape index (κ3) is 3.80. The summed E-state index contributed by atoms with van der Waals surface area (Å²) in [6.45, 7) is 2.34. The van der Waals surface area contributed by atoms with Crippen LogP contribution in [-0.2, 0) is 0 Å². The number of piperidine rings is 1. The number of hydrogen-bond donors (Lipinski definition) is 2. The Morgan fingerprint density at radius 1 is 1.35 bits per heavy atom. The Hall–Kier alpha value is -0.380. The molecule has 0 amide bonds. The fraction of sp³-hybridized carbons (Fsp3) is 0.538. The van der Waals surface area contributed by atoms with Crippen molar-refractivity contribution in [3.8, 4) is 0 Å². The van der Waals surface area contributed by atoms with Crippen molar-refractivity contribution in [1.29, 1.82) is 0 Å². The van der Waals surface area contributed by atoms with Crippen LogP contribution in [0, 0.1) is 5.92 Å². The van der Waals surface area contributed by atoms with E-state index in [2.05, 4.69) is 5.32 Å². The molecule has 4 heteroatoms. The smallest absolute Gasteiger partial charge is 0.0562 e. The minimum Gasteiger partial charge on any atom is -0.398 e. The zero-order valence-corrected chi connectivity index (χ0v) is 11.5. The molecule has 0 atom stereocenters. The molecule has 3 N–H and O–H groups in total. The van der Waals surface area contributed by atoms with Crippen LogP contribution in [-0.4, -0.2) is 18.8 Å². The highest BCUT2D eigenvalue weighted by Crippen LogP contribution is 2.33. The largest absolute Gasteiger partial charge is 0.398 e. The van der Waals surface area contributed by atoms with E-state index in [1.807, 2.05) is 18.2 Å². The van der Waals surface area contributed by atoms with Crippen molar-refractivity contribution in [3.05, 3.63) is 23.2 Å². The van der Waals surface area contributed by atoms with Crippen molar-refractivity contribution in [2.24, 2.45) is 5.92 Å². The quantitative estimate of drug-likeness (QED) is 0.651. The Bertz CT molecular complexity index is 344. The first-order valence-electron chi connectivity index (χ1n) is 6.15. The summed E-state index contributed by atoms with van der Waals surface area (Å²) in [7, 11) is 0. The monoisotopic (exact) mass is 270 g/mol. The van der Waals surface area contributed by atoms with E-state index < -0.39 is 0 Å².